The summed E-state index contributed by atoms with van der Waals surface area (Å²) < 4.78 is 5.69. The van der Waals surface area contributed by atoms with Crippen LogP contribution in [0.5, 0.6) is 0 Å². The number of allylic oxidation sites excluding steroid dienone is 4. The number of carbonyl (C=O) groups excluding carboxylic acids is 3. The molecule has 5 heteroatoms. The Balaban J connectivity index is 1.65. The largest absolute Gasteiger partial charge is 0.465 e. The highest BCUT2D eigenvalue weighted by atomic mass is 16.5. The van der Waals surface area contributed by atoms with Gasteiger partial charge in [0.15, 0.2) is 11.6 Å². The number of hydrogen-bond acceptors (Lipinski definition) is 5. The fourth-order valence-corrected chi connectivity index (χ4v) is 9.86. The molecule has 5 aliphatic carbocycles. The summed E-state index contributed by atoms with van der Waals surface area (Å²) in [6, 6.07) is 2.16. The molecule has 0 amide bonds. The summed E-state index contributed by atoms with van der Waals surface area (Å²) >= 11 is 0. The molecule has 0 spiro atoms. The molecule has 5 nitrogen and oxygen atoms in total. The minimum absolute atomic E-state index is 0.0576. The van der Waals surface area contributed by atoms with E-state index in [1.54, 1.807) is 0 Å². The predicted octanol–water partition coefficient (Wildman–Crippen LogP) is 6.38. The smallest absolute Gasteiger partial charge is 0.302 e. The third-order valence-corrected chi connectivity index (χ3v) is 12.3. The molecule has 200 valence electrons. The summed E-state index contributed by atoms with van der Waals surface area (Å²) in [7, 11) is 0. The number of ether oxygens (including phenoxy) is 1. The van der Waals surface area contributed by atoms with Crippen molar-refractivity contribution in [2.45, 2.75) is 93.4 Å². The van der Waals surface area contributed by atoms with E-state index in [0.717, 1.165) is 50.5 Å². The summed E-state index contributed by atoms with van der Waals surface area (Å²) in [6.45, 7) is 15.3. The van der Waals surface area contributed by atoms with Crippen molar-refractivity contribution in [3.63, 3.8) is 0 Å². The van der Waals surface area contributed by atoms with Crippen LogP contribution in [0.1, 0.15) is 93.4 Å². The van der Waals surface area contributed by atoms with Gasteiger partial charge in [0.2, 0.25) is 0 Å². The van der Waals surface area contributed by atoms with Gasteiger partial charge in [-0.15, -0.1) is 0 Å². The maximum atomic E-state index is 14.4. The van der Waals surface area contributed by atoms with Crippen LogP contribution in [0.15, 0.2) is 23.3 Å². The van der Waals surface area contributed by atoms with Crippen LogP contribution in [0, 0.1) is 62.1 Å². The van der Waals surface area contributed by atoms with Crippen molar-refractivity contribution in [1.29, 1.82) is 5.26 Å². The Morgan fingerprint density at radius 2 is 1.73 bits per heavy atom. The van der Waals surface area contributed by atoms with Crippen LogP contribution in [0.25, 0.3) is 0 Å². The van der Waals surface area contributed by atoms with Gasteiger partial charge in [-0.2, -0.15) is 5.26 Å². The molecule has 5 rings (SSSR count). The van der Waals surface area contributed by atoms with Crippen LogP contribution in [0.3, 0.4) is 0 Å². The number of rotatable bonds is 2. The number of ketones is 2. The zero-order valence-electron chi connectivity index (χ0n) is 23.7. The quantitative estimate of drug-likeness (QED) is 0.407. The van der Waals surface area contributed by atoms with Gasteiger partial charge >= 0.3 is 5.97 Å². The molecule has 0 aliphatic heterocycles. The van der Waals surface area contributed by atoms with E-state index in [2.05, 4.69) is 40.7 Å². The SMILES string of the molecule is CC(=O)OC[C@]12CCC(C)(C)CC1C1C(=O)C=C3[C@@]4(C)C=C(C#N)C(=O)[C@@H](C)C4CC[C@@]3(C)[C@]1(C)CC2. The average molecular weight is 506 g/mol. The van der Waals surface area contributed by atoms with Crippen molar-refractivity contribution in [2.75, 3.05) is 6.61 Å². The lowest BCUT2D eigenvalue weighted by Gasteiger charge is -2.68. The number of fused-ring (bicyclic) bond motifs is 7. The van der Waals surface area contributed by atoms with Crippen LogP contribution in [-0.4, -0.2) is 24.1 Å². The maximum Gasteiger partial charge on any atom is 0.302 e. The fourth-order valence-electron chi connectivity index (χ4n) is 9.86. The predicted molar refractivity (Wildman–Crippen MR) is 141 cm³/mol. The van der Waals surface area contributed by atoms with Gasteiger partial charge in [-0.25, -0.2) is 0 Å². The van der Waals surface area contributed by atoms with Gasteiger partial charge < -0.3 is 4.74 Å². The topological polar surface area (TPSA) is 84.2 Å². The number of nitriles is 1. The van der Waals surface area contributed by atoms with Crippen molar-refractivity contribution in [3.05, 3.63) is 23.3 Å². The number of hydrogen-bond donors (Lipinski definition) is 0. The van der Waals surface area contributed by atoms with Crippen molar-refractivity contribution in [2.24, 2.45) is 50.7 Å². The van der Waals surface area contributed by atoms with Gasteiger partial charge in [-0.05, 0) is 79.1 Å². The maximum absolute atomic E-state index is 14.4. The Hall–Kier alpha value is -2.22. The third-order valence-electron chi connectivity index (χ3n) is 12.3. The van der Waals surface area contributed by atoms with Gasteiger partial charge in [0, 0.05) is 29.6 Å². The second-order valence-electron chi connectivity index (χ2n) is 14.6. The number of nitrogens with zero attached hydrogens (tertiary/aromatic N) is 1. The molecule has 3 fully saturated rings. The van der Waals surface area contributed by atoms with Gasteiger partial charge in [-0.3, -0.25) is 14.4 Å². The molecule has 8 atom stereocenters. The van der Waals surface area contributed by atoms with Crippen LogP contribution < -0.4 is 0 Å². The van der Waals surface area contributed by atoms with E-state index in [1.165, 1.54) is 6.92 Å². The lowest BCUT2D eigenvalue weighted by molar-refractivity contribution is -0.183. The third kappa shape index (κ3) is 3.50. The molecule has 0 N–H and O–H groups in total. The molecular weight excluding hydrogens is 462 g/mol. The first-order valence-corrected chi connectivity index (χ1v) is 14.2. The van der Waals surface area contributed by atoms with Gasteiger partial charge in [-0.1, -0.05) is 53.2 Å². The zero-order valence-corrected chi connectivity index (χ0v) is 23.7. The summed E-state index contributed by atoms with van der Waals surface area (Å²) in [4.78, 5) is 39.1. The van der Waals surface area contributed by atoms with Crippen LogP contribution in [0.4, 0.5) is 0 Å². The molecular formula is C32H43NO4. The van der Waals surface area contributed by atoms with E-state index in [-0.39, 0.29) is 68.4 Å². The van der Waals surface area contributed by atoms with Crippen molar-refractivity contribution in [3.8, 4) is 6.07 Å². The van der Waals surface area contributed by atoms with Gasteiger partial charge in [0.05, 0.1) is 12.2 Å². The number of esters is 1. The molecule has 0 aromatic carbocycles. The van der Waals surface area contributed by atoms with Crippen LogP contribution in [-0.2, 0) is 19.1 Å². The highest BCUT2D eigenvalue weighted by Gasteiger charge is 2.69. The van der Waals surface area contributed by atoms with Crippen molar-refractivity contribution in [1.82, 2.24) is 0 Å². The first-order valence-electron chi connectivity index (χ1n) is 14.2. The molecule has 0 bridgehead atoms. The van der Waals surface area contributed by atoms with E-state index in [0.29, 0.717) is 6.61 Å². The Kier molecular flexibility index (Phi) is 5.81. The minimum Gasteiger partial charge on any atom is -0.465 e. The van der Waals surface area contributed by atoms with Crippen molar-refractivity contribution < 1.29 is 19.1 Å². The van der Waals surface area contributed by atoms with E-state index in [1.807, 2.05) is 19.1 Å². The monoisotopic (exact) mass is 505 g/mol. The average Bonchev–Trinajstić information content (AvgIpc) is 2.82. The van der Waals surface area contributed by atoms with Gasteiger partial charge in [0.1, 0.15) is 6.07 Å². The molecule has 3 unspecified atom stereocenters. The summed E-state index contributed by atoms with van der Waals surface area (Å²) in [6.07, 6.45) is 10.6. The lowest BCUT2D eigenvalue weighted by Crippen LogP contribution is -2.64. The first-order chi connectivity index (χ1) is 17.1. The summed E-state index contributed by atoms with van der Waals surface area (Å²) in [5.74, 6) is -0.183. The molecule has 0 radical (unpaired) electrons. The lowest BCUT2D eigenvalue weighted by atomic mass is 9.35. The molecule has 3 saturated carbocycles. The highest BCUT2D eigenvalue weighted by Crippen LogP contribution is 2.73. The first kappa shape index (κ1) is 26.4. The molecule has 0 heterocycles. The Morgan fingerprint density at radius 3 is 2.38 bits per heavy atom. The Labute approximate surface area is 222 Å². The van der Waals surface area contributed by atoms with E-state index in [4.69, 9.17) is 4.74 Å². The minimum atomic E-state index is -0.479. The summed E-state index contributed by atoms with van der Waals surface area (Å²) in [5.41, 5.74) is 0.454. The normalized spacial score (nSPS) is 46.2. The molecule has 0 saturated heterocycles. The zero-order chi connectivity index (χ0) is 27.2. The van der Waals surface area contributed by atoms with E-state index < -0.39 is 5.41 Å². The van der Waals surface area contributed by atoms with E-state index >= 15 is 0 Å². The van der Waals surface area contributed by atoms with Crippen LogP contribution in [0.2, 0.25) is 0 Å². The second kappa shape index (κ2) is 8.14. The molecule has 37 heavy (non-hydrogen) atoms. The van der Waals surface area contributed by atoms with Gasteiger partial charge in [0.25, 0.3) is 0 Å². The molecule has 5 aliphatic rings. The Morgan fingerprint density at radius 1 is 1.05 bits per heavy atom. The highest BCUT2D eigenvalue weighted by molar-refractivity contribution is 6.02. The number of Topliss-reactive ketones (excluding diaryl/α,β-unsaturated/α-hetero) is 1. The molecule has 0 aromatic heterocycles. The standard InChI is InChI=1S/C32H43NO4/c1-19-22-8-9-30(6)25(29(22,5)15-21(17-33)27(19)36)14-24(35)26-23-16-28(3,4)10-12-32(23,18-37-20(2)34)13-11-31(26,30)7/h14-15,19,22-23,26H,8-13,16,18H2,1-7H3/t19-,22?,23?,26?,29-,30+,31+,32+/m0/s1. The fraction of sp³-hybridized carbons (Fsp3) is 0.750. The second-order valence-corrected chi connectivity index (χ2v) is 14.6. The van der Waals surface area contributed by atoms with Crippen molar-refractivity contribution >= 4 is 17.5 Å². The summed E-state index contributed by atoms with van der Waals surface area (Å²) in [5, 5.41) is 9.77. The van der Waals surface area contributed by atoms with Crippen LogP contribution >= 0.6 is 0 Å². The van der Waals surface area contributed by atoms with E-state index in [9.17, 15) is 19.6 Å². The Bertz CT molecular complexity index is 1170. The number of carbonyl (C=O) groups is 3. The molecule has 0 aromatic rings.